The molecule has 2 aromatic rings. The topological polar surface area (TPSA) is 65.5 Å². The average molecular weight is 378 g/mol. The van der Waals surface area contributed by atoms with E-state index in [0.717, 1.165) is 36.5 Å². The molecule has 6 nitrogen and oxygen atoms in total. The van der Waals surface area contributed by atoms with Crippen LogP contribution in [-0.4, -0.2) is 48.4 Å². The number of aromatic nitrogens is 1. The van der Waals surface area contributed by atoms with Crippen LogP contribution in [0, 0.1) is 0 Å². The van der Waals surface area contributed by atoms with E-state index in [1.165, 1.54) is 6.20 Å². The SMILES string of the molecule is O=CN1CCN(c2ccc(NC(=O)c3ccc(C(F)(F)F)cc3)cn2)CC1. The van der Waals surface area contributed by atoms with E-state index in [4.69, 9.17) is 0 Å². The lowest BCUT2D eigenvalue weighted by Gasteiger charge is -2.33. The van der Waals surface area contributed by atoms with Gasteiger partial charge in [-0.3, -0.25) is 9.59 Å². The summed E-state index contributed by atoms with van der Waals surface area (Å²) >= 11 is 0. The Labute approximate surface area is 153 Å². The van der Waals surface area contributed by atoms with Crippen molar-refractivity contribution in [2.75, 3.05) is 36.4 Å². The van der Waals surface area contributed by atoms with Gasteiger partial charge in [-0.25, -0.2) is 4.98 Å². The number of hydrogen-bond donors (Lipinski definition) is 1. The predicted octanol–water partition coefficient (Wildman–Crippen LogP) is 2.63. The number of rotatable bonds is 4. The van der Waals surface area contributed by atoms with Crippen molar-refractivity contribution in [1.82, 2.24) is 9.88 Å². The maximum Gasteiger partial charge on any atom is 0.416 e. The van der Waals surface area contributed by atoms with Crippen LogP contribution in [0.1, 0.15) is 15.9 Å². The lowest BCUT2D eigenvalue weighted by Crippen LogP contribution is -2.46. The molecule has 1 aromatic heterocycles. The summed E-state index contributed by atoms with van der Waals surface area (Å²) < 4.78 is 37.7. The van der Waals surface area contributed by atoms with Gasteiger partial charge in [-0.2, -0.15) is 13.2 Å². The van der Waals surface area contributed by atoms with Crippen LogP contribution in [0.4, 0.5) is 24.7 Å². The maximum absolute atomic E-state index is 12.6. The number of amides is 2. The van der Waals surface area contributed by atoms with Crippen molar-refractivity contribution in [3.05, 3.63) is 53.7 Å². The molecular weight excluding hydrogens is 361 g/mol. The highest BCUT2D eigenvalue weighted by molar-refractivity contribution is 6.04. The molecule has 0 saturated carbocycles. The van der Waals surface area contributed by atoms with Gasteiger partial charge in [0, 0.05) is 31.7 Å². The number of halogens is 3. The number of nitrogens with zero attached hydrogens (tertiary/aromatic N) is 3. The fourth-order valence-corrected chi connectivity index (χ4v) is 2.72. The molecule has 0 aliphatic carbocycles. The normalized spacial score (nSPS) is 14.8. The number of anilines is 2. The summed E-state index contributed by atoms with van der Waals surface area (Å²) in [6, 6.07) is 7.43. The Morgan fingerprint density at radius 2 is 1.70 bits per heavy atom. The summed E-state index contributed by atoms with van der Waals surface area (Å²) in [7, 11) is 0. The zero-order valence-electron chi connectivity index (χ0n) is 14.2. The highest BCUT2D eigenvalue weighted by Gasteiger charge is 2.30. The highest BCUT2D eigenvalue weighted by Crippen LogP contribution is 2.29. The monoisotopic (exact) mass is 378 g/mol. The van der Waals surface area contributed by atoms with Crippen molar-refractivity contribution in [3.63, 3.8) is 0 Å². The molecule has 1 aliphatic rings. The van der Waals surface area contributed by atoms with E-state index in [-0.39, 0.29) is 5.56 Å². The third-order valence-electron chi connectivity index (χ3n) is 4.27. The van der Waals surface area contributed by atoms with Gasteiger partial charge in [-0.15, -0.1) is 0 Å². The molecule has 1 saturated heterocycles. The van der Waals surface area contributed by atoms with Crippen LogP contribution in [0.5, 0.6) is 0 Å². The Morgan fingerprint density at radius 1 is 1.04 bits per heavy atom. The molecule has 142 valence electrons. The minimum absolute atomic E-state index is 0.122. The first-order chi connectivity index (χ1) is 12.9. The first kappa shape index (κ1) is 18.7. The molecule has 2 amide bonds. The zero-order valence-corrected chi connectivity index (χ0v) is 14.2. The molecule has 0 atom stereocenters. The highest BCUT2D eigenvalue weighted by atomic mass is 19.4. The van der Waals surface area contributed by atoms with Gasteiger partial charge in [-0.05, 0) is 36.4 Å². The number of benzene rings is 1. The van der Waals surface area contributed by atoms with Gasteiger partial charge in [0.05, 0.1) is 17.4 Å². The van der Waals surface area contributed by atoms with Crippen LogP contribution in [0.2, 0.25) is 0 Å². The van der Waals surface area contributed by atoms with E-state index in [2.05, 4.69) is 10.3 Å². The Morgan fingerprint density at radius 3 is 2.22 bits per heavy atom. The zero-order chi connectivity index (χ0) is 19.4. The predicted molar refractivity (Wildman–Crippen MR) is 93.5 cm³/mol. The van der Waals surface area contributed by atoms with Gasteiger partial charge in [0.2, 0.25) is 6.41 Å². The Hall–Kier alpha value is -3.10. The average Bonchev–Trinajstić information content (AvgIpc) is 2.68. The molecule has 3 rings (SSSR count). The van der Waals surface area contributed by atoms with E-state index in [1.54, 1.807) is 17.0 Å². The van der Waals surface area contributed by atoms with Crippen molar-refractivity contribution < 1.29 is 22.8 Å². The van der Waals surface area contributed by atoms with Gasteiger partial charge in [0.1, 0.15) is 5.82 Å². The number of hydrogen-bond acceptors (Lipinski definition) is 4. The summed E-state index contributed by atoms with van der Waals surface area (Å²) in [5.74, 6) is 0.214. The van der Waals surface area contributed by atoms with Crippen LogP contribution in [0.15, 0.2) is 42.6 Å². The van der Waals surface area contributed by atoms with E-state index in [9.17, 15) is 22.8 Å². The number of carbonyl (C=O) groups is 2. The summed E-state index contributed by atoms with van der Waals surface area (Å²) in [5, 5.41) is 2.61. The lowest BCUT2D eigenvalue weighted by atomic mass is 10.1. The molecule has 1 fully saturated rings. The molecule has 9 heteroatoms. The molecule has 0 unspecified atom stereocenters. The van der Waals surface area contributed by atoms with Gasteiger partial charge in [0.25, 0.3) is 5.91 Å². The van der Waals surface area contributed by atoms with E-state index in [1.807, 2.05) is 4.90 Å². The summed E-state index contributed by atoms with van der Waals surface area (Å²) in [6.07, 6.45) is -2.12. The van der Waals surface area contributed by atoms with Gasteiger partial charge in [0.15, 0.2) is 0 Å². The number of nitrogens with one attached hydrogen (secondary N) is 1. The third kappa shape index (κ3) is 4.55. The first-order valence-corrected chi connectivity index (χ1v) is 8.26. The Kier molecular flexibility index (Phi) is 5.29. The third-order valence-corrected chi connectivity index (χ3v) is 4.27. The number of piperazine rings is 1. The van der Waals surface area contributed by atoms with Crippen molar-refractivity contribution in [1.29, 1.82) is 0 Å². The minimum atomic E-state index is -4.44. The summed E-state index contributed by atoms with van der Waals surface area (Å²) in [6.45, 7) is 2.58. The molecule has 0 radical (unpaired) electrons. The van der Waals surface area contributed by atoms with Gasteiger partial charge < -0.3 is 15.1 Å². The van der Waals surface area contributed by atoms with Crippen LogP contribution in [0.3, 0.4) is 0 Å². The second-order valence-electron chi connectivity index (χ2n) is 6.06. The fourth-order valence-electron chi connectivity index (χ4n) is 2.72. The van der Waals surface area contributed by atoms with Gasteiger partial charge >= 0.3 is 6.18 Å². The Bertz CT molecular complexity index is 799. The molecular formula is C18H17F3N4O2. The largest absolute Gasteiger partial charge is 0.416 e. The standard InChI is InChI=1S/C18H17F3N4O2/c19-18(20,21)14-3-1-13(2-4-14)17(27)23-15-5-6-16(22-11-15)25-9-7-24(12-26)8-10-25/h1-6,11-12H,7-10H2,(H,23,27). The van der Waals surface area contributed by atoms with Crippen molar-refractivity contribution in [2.45, 2.75) is 6.18 Å². The quantitative estimate of drug-likeness (QED) is 0.831. The second kappa shape index (κ2) is 7.65. The van der Waals surface area contributed by atoms with E-state index < -0.39 is 17.6 Å². The Balaban J connectivity index is 1.61. The van der Waals surface area contributed by atoms with Crippen LogP contribution >= 0.6 is 0 Å². The molecule has 1 aromatic carbocycles. The molecule has 0 bridgehead atoms. The molecule has 1 aliphatic heterocycles. The lowest BCUT2D eigenvalue weighted by molar-refractivity contribution is -0.137. The van der Waals surface area contributed by atoms with Crippen LogP contribution in [-0.2, 0) is 11.0 Å². The van der Waals surface area contributed by atoms with E-state index in [0.29, 0.717) is 31.9 Å². The molecule has 27 heavy (non-hydrogen) atoms. The van der Waals surface area contributed by atoms with Gasteiger partial charge in [-0.1, -0.05) is 0 Å². The minimum Gasteiger partial charge on any atom is -0.353 e. The van der Waals surface area contributed by atoms with Crippen molar-refractivity contribution in [3.8, 4) is 0 Å². The van der Waals surface area contributed by atoms with Crippen LogP contribution in [0.25, 0.3) is 0 Å². The summed E-state index contributed by atoms with van der Waals surface area (Å²) in [5.41, 5.74) is -0.244. The van der Waals surface area contributed by atoms with Crippen molar-refractivity contribution in [2.24, 2.45) is 0 Å². The molecule has 1 N–H and O–H groups in total. The first-order valence-electron chi connectivity index (χ1n) is 8.26. The molecule has 0 spiro atoms. The van der Waals surface area contributed by atoms with Crippen molar-refractivity contribution >= 4 is 23.8 Å². The summed E-state index contributed by atoms with van der Waals surface area (Å²) in [4.78, 5) is 30.9. The second-order valence-corrected chi connectivity index (χ2v) is 6.06. The number of carbonyl (C=O) groups excluding carboxylic acids is 2. The smallest absolute Gasteiger partial charge is 0.353 e. The number of pyridine rings is 1. The fraction of sp³-hybridized carbons (Fsp3) is 0.278. The molecule has 2 heterocycles. The number of alkyl halides is 3. The van der Waals surface area contributed by atoms with E-state index >= 15 is 0 Å². The maximum atomic E-state index is 12.6. The van der Waals surface area contributed by atoms with Crippen LogP contribution < -0.4 is 10.2 Å².